The van der Waals surface area contributed by atoms with Gasteiger partial charge in [-0.2, -0.15) is 0 Å². The first-order valence-corrected chi connectivity index (χ1v) is 8.46. The maximum atomic E-state index is 3.73. The summed E-state index contributed by atoms with van der Waals surface area (Å²) < 4.78 is 0. The zero-order valence-electron chi connectivity index (χ0n) is 14.3. The van der Waals surface area contributed by atoms with E-state index in [0.29, 0.717) is 12.0 Å². The summed E-state index contributed by atoms with van der Waals surface area (Å²) in [5, 5.41) is 3.73. The Morgan fingerprint density at radius 1 is 1.10 bits per heavy atom. The van der Waals surface area contributed by atoms with Gasteiger partial charge in [0, 0.05) is 6.04 Å². The van der Waals surface area contributed by atoms with Crippen LogP contribution in [-0.2, 0) is 0 Å². The van der Waals surface area contributed by atoms with Crippen LogP contribution < -0.4 is 5.32 Å². The fraction of sp³-hybridized carbons (Fsp3) is 0.600. The summed E-state index contributed by atoms with van der Waals surface area (Å²) in [5.74, 6) is 2.15. The van der Waals surface area contributed by atoms with Gasteiger partial charge in [-0.25, -0.2) is 0 Å². The Bertz CT molecular complexity index is 469. The molecule has 0 spiro atoms. The molecule has 0 aliphatic heterocycles. The smallest absolute Gasteiger partial charge is 0.0291 e. The molecule has 116 valence electrons. The summed E-state index contributed by atoms with van der Waals surface area (Å²) in [4.78, 5) is 0. The van der Waals surface area contributed by atoms with E-state index in [1.54, 1.807) is 5.57 Å². The predicted octanol–water partition coefficient (Wildman–Crippen LogP) is 5.45. The van der Waals surface area contributed by atoms with Crippen molar-refractivity contribution >= 4 is 0 Å². The van der Waals surface area contributed by atoms with E-state index in [-0.39, 0.29) is 0 Å². The second kappa shape index (κ2) is 7.26. The SMILES string of the molecule is CC1=CC(C)CC(CNC(C)c2ccc(C(C)C)cc2)C1. The van der Waals surface area contributed by atoms with Crippen LogP contribution in [0.1, 0.15) is 70.5 Å². The van der Waals surface area contributed by atoms with Crippen LogP contribution in [-0.4, -0.2) is 6.54 Å². The molecule has 3 atom stereocenters. The fourth-order valence-electron chi connectivity index (χ4n) is 3.47. The van der Waals surface area contributed by atoms with E-state index >= 15 is 0 Å². The summed E-state index contributed by atoms with van der Waals surface area (Å²) in [6.45, 7) is 12.5. The first-order valence-electron chi connectivity index (χ1n) is 8.46. The van der Waals surface area contributed by atoms with Crippen LogP contribution in [0.4, 0.5) is 0 Å². The van der Waals surface area contributed by atoms with Crippen LogP contribution in [0.2, 0.25) is 0 Å². The van der Waals surface area contributed by atoms with Crippen LogP contribution in [0, 0.1) is 11.8 Å². The number of hydrogen-bond acceptors (Lipinski definition) is 1. The lowest BCUT2D eigenvalue weighted by Crippen LogP contribution is -2.28. The Kier molecular flexibility index (Phi) is 5.64. The predicted molar refractivity (Wildman–Crippen MR) is 92.6 cm³/mol. The lowest BCUT2D eigenvalue weighted by Gasteiger charge is -2.27. The largest absolute Gasteiger partial charge is 0.310 e. The highest BCUT2D eigenvalue weighted by Crippen LogP contribution is 2.28. The van der Waals surface area contributed by atoms with E-state index in [1.807, 2.05) is 0 Å². The molecule has 3 unspecified atom stereocenters. The van der Waals surface area contributed by atoms with Gasteiger partial charge in [-0.05, 0) is 62.1 Å². The van der Waals surface area contributed by atoms with Gasteiger partial charge >= 0.3 is 0 Å². The standard InChI is InChI=1S/C20H31N/c1-14(2)19-6-8-20(9-7-19)17(5)21-13-18-11-15(3)10-16(4)12-18/h6-10,14-15,17-18,21H,11-13H2,1-5H3. The van der Waals surface area contributed by atoms with Gasteiger partial charge in [-0.1, -0.05) is 56.7 Å². The first kappa shape index (κ1) is 16.3. The molecule has 0 saturated carbocycles. The number of hydrogen-bond donors (Lipinski definition) is 1. The molecule has 21 heavy (non-hydrogen) atoms. The lowest BCUT2D eigenvalue weighted by molar-refractivity contribution is 0.366. The summed E-state index contributed by atoms with van der Waals surface area (Å²) in [6, 6.07) is 9.54. The summed E-state index contributed by atoms with van der Waals surface area (Å²) in [5.41, 5.74) is 4.39. The van der Waals surface area contributed by atoms with E-state index in [1.165, 1.54) is 24.0 Å². The van der Waals surface area contributed by atoms with Gasteiger partial charge in [0.05, 0.1) is 0 Å². The Morgan fingerprint density at radius 3 is 2.29 bits per heavy atom. The number of allylic oxidation sites excluding steroid dienone is 2. The van der Waals surface area contributed by atoms with E-state index in [9.17, 15) is 0 Å². The second-order valence-corrected chi connectivity index (χ2v) is 7.25. The van der Waals surface area contributed by atoms with Gasteiger partial charge in [0.1, 0.15) is 0 Å². The van der Waals surface area contributed by atoms with Gasteiger partial charge < -0.3 is 5.32 Å². The Balaban J connectivity index is 1.87. The van der Waals surface area contributed by atoms with Crippen LogP contribution in [0.15, 0.2) is 35.9 Å². The van der Waals surface area contributed by atoms with Gasteiger partial charge in [0.15, 0.2) is 0 Å². The number of benzene rings is 1. The molecular weight excluding hydrogens is 254 g/mol. The van der Waals surface area contributed by atoms with Crippen molar-refractivity contribution in [1.29, 1.82) is 0 Å². The molecule has 1 heteroatoms. The van der Waals surface area contributed by atoms with Crippen molar-refractivity contribution in [2.45, 2.75) is 59.4 Å². The van der Waals surface area contributed by atoms with Crippen LogP contribution >= 0.6 is 0 Å². The molecule has 2 rings (SSSR count). The van der Waals surface area contributed by atoms with Crippen LogP contribution in [0.25, 0.3) is 0 Å². The maximum Gasteiger partial charge on any atom is 0.0291 e. The molecule has 1 aliphatic carbocycles. The zero-order valence-corrected chi connectivity index (χ0v) is 14.3. The first-order chi connectivity index (χ1) is 9.95. The molecule has 0 heterocycles. The summed E-state index contributed by atoms with van der Waals surface area (Å²) >= 11 is 0. The molecule has 0 bridgehead atoms. The molecule has 1 aromatic carbocycles. The van der Waals surface area contributed by atoms with Crippen molar-refractivity contribution in [3.05, 3.63) is 47.0 Å². The van der Waals surface area contributed by atoms with Crippen molar-refractivity contribution in [1.82, 2.24) is 5.32 Å². The van der Waals surface area contributed by atoms with Crippen LogP contribution in [0.3, 0.4) is 0 Å². The quantitative estimate of drug-likeness (QED) is 0.709. The van der Waals surface area contributed by atoms with Crippen molar-refractivity contribution in [3.8, 4) is 0 Å². The Morgan fingerprint density at radius 2 is 1.71 bits per heavy atom. The third-order valence-electron chi connectivity index (χ3n) is 4.70. The lowest BCUT2D eigenvalue weighted by atomic mass is 9.83. The topological polar surface area (TPSA) is 12.0 Å². The fourth-order valence-corrected chi connectivity index (χ4v) is 3.47. The van der Waals surface area contributed by atoms with E-state index < -0.39 is 0 Å². The average Bonchev–Trinajstić information content (AvgIpc) is 2.44. The molecule has 0 aromatic heterocycles. The highest BCUT2D eigenvalue weighted by Gasteiger charge is 2.18. The highest BCUT2D eigenvalue weighted by atomic mass is 14.9. The molecule has 1 aromatic rings. The highest BCUT2D eigenvalue weighted by molar-refractivity contribution is 5.26. The molecule has 0 amide bonds. The second-order valence-electron chi connectivity index (χ2n) is 7.25. The molecule has 0 fully saturated rings. The van der Waals surface area contributed by atoms with E-state index in [0.717, 1.165) is 18.4 Å². The average molecular weight is 285 g/mol. The van der Waals surface area contributed by atoms with E-state index in [4.69, 9.17) is 0 Å². The molecule has 1 nitrogen and oxygen atoms in total. The molecular formula is C20H31N. The van der Waals surface area contributed by atoms with Gasteiger partial charge in [-0.15, -0.1) is 0 Å². The molecule has 0 saturated heterocycles. The third kappa shape index (κ3) is 4.71. The summed E-state index contributed by atoms with van der Waals surface area (Å²) in [7, 11) is 0. The van der Waals surface area contributed by atoms with Gasteiger partial charge in [0.2, 0.25) is 0 Å². The monoisotopic (exact) mass is 285 g/mol. The minimum absolute atomic E-state index is 0.438. The minimum atomic E-state index is 0.438. The van der Waals surface area contributed by atoms with Crippen molar-refractivity contribution in [2.75, 3.05) is 6.54 Å². The minimum Gasteiger partial charge on any atom is -0.310 e. The molecule has 1 N–H and O–H groups in total. The Hall–Kier alpha value is -1.08. The van der Waals surface area contributed by atoms with Crippen LogP contribution in [0.5, 0.6) is 0 Å². The normalized spacial score (nSPS) is 24.0. The number of nitrogens with one attached hydrogen (secondary N) is 1. The van der Waals surface area contributed by atoms with Gasteiger partial charge in [-0.3, -0.25) is 0 Å². The summed E-state index contributed by atoms with van der Waals surface area (Å²) in [6.07, 6.45) is 5.02. The Labute approximate surface area is 130 Å². The van der Waals surface area contributed by atoms with E-state index in [2.05, 4.69) is 70.3 Å². The molecule has 1 aliphatic rings. The van der Waals surface area contributed by atoms with Crippen molar-refractivity contribution in [3.63, 3.8) is 0 Å². The molecule has 0 radical (unpaired) electrons. The maximum absolute atomic E-state index is 3.73. The third-order valence-corrected chi connectivity index (χ3v) is 4.70. The zero-order chi connectivity index (χ0) is 15.4. The number of rotatable bonds is 5. The van der Waals surface area contributed by atoms with Crippen molar-refractivity contribution in [2.24, 2.45) is 11.8 Å². The van der Waals surface area contributed by atoms with Crippen molar-refractivity contribution < 1.29 is 0 Å². The van der Waals surface area contributed by atoms with Gasteiger partial charge in [0.25, 0.3) is 0 Å².